The highest BCUT2D eigenvalue weighted by Crippen LogP contribution is 2.33. The van der Waals surface area contributed by atoms with Crippen LogP contribution < -0.4 is 5.56 Å². The molecule has 0 fully saturated rings. The predicted octanol–water partition coefficient (Wildman–Crippen LogP) is 1.58. The van der Waals surface area contributed by atoms with Crippen molar-refractivity contribution < 1.29 is 9.53 Å². The van der Waals surface area contributed by atoms with Gasteiger partial charge in [0, 0.05) is 4.88 Å². The van der Waals surface area contributed by atoms with Gasteiger partial charge in [0.05, 0.1) is 12.5 Å². The van der Waals surface area contributed by atoms with Crippen LogP contribution in [0, 0.1) is 0 Å². The third kappa shape index (κ3) is 2.16. The minimum absolute atomic E-state index is 0.00421. The van der Waals surface area contributed by atoms with Crippen molar-refractivity contribution in [1.82, 2.24) is 9.97 Å². The van der Waals surface area contributed by atoms with Gasteiger partial charge in [0.2, 0.25) is 0 Å². The lowest BCUT2D eigenvalue weighted by Gasteiger charge is -2.09. The minimum atomic E-state index is -0.399. The molecule has 1 N–H and O–H groups in total. The molecule has 3 rings (SSSR count). The first kappa shape index (κ1) is 12.3. The van der Waals surface area contributed by atoms with Crippen LogP contribution in [-0.4, -0.2) is 23.0 Å². The lowest BCUT2D eigenvalue weighted by atomic mass is 9.97. The number of H-pyrrole nitrogens is 1. The average molecular weight is 278 g/mol. The molecule has 19 heavy (non-hydrogen) atoms. The first-order valence-corrected chi connectivity index (χ1v) is 7.11. The summed E-state index contributed by atoms with van der Waals surface area (Å²) in [5.74, 6) is -0.0215. The first-order chi connectivity index (χ1) is 9.19. The second kappa shape index (κ2) is 4.77. The number of esters is 1. The number of nitrogens with zero attached hydrogens (tertiary/aromatic N) is 1. The van der Waals surface area contributed by atoms with Crippen molar-refractivity contribution in [3.8, 4) is 0 Å². The topological polar surface area (TPSA) is 72.0 Å². The summed E-state index contributed by atoms with van der Waals surface area (Å²) >= 11 is 1.58. The van der Waals surface area contributed by atoms with E-state index in [4.69, 9.17) is 0 Å². The second-order valence-corrected chi connectivity index (χ2v) is 5.74. The van der Waals surface area contributed by atoms with Crippen molar-refractivity contribution in [2.75, 3.05) is 7.11 Å². The monoisotopic (exact) mass is 278 g/mol. The SMILES string of the molecule is COC(=O)Cc1nc2sc3c(c2c(=O)[nH]1)CCCC3. The second-order valence-electron chi connectivity index (χ2n) is 4.66. The fraction of sp³-hybridized carbons (Fsp3) is 0.462. The smallest absolute Gasteiger partial charge is 0.313 e. The average Bonchev–Trinajstić information content (AvgIpc) is 2.76. The number of thiophene rings is 1. The summed E-state index contributed by atoms with van der Waals surface area (Å²) in [6.45, 7) is 0. The van der Waals surface area contributed by atoms with Gasteiger partial charge in [-0.2, -0.15) is 0 Å². The molecule has 0 aliphatic heterocycles. The van der Waals surface area contributed by atoms with Crippen LogP contribution in [-0.2, 0) is 28.8 Å². The van der Waals surface area contributed by atoms with E-state index >= 15 is 0 Å². The van der Waals surface area contributed by atoms with E-state index in [2.05, 4.69) is 14.7 Å². The zero-order valence-electron chi connectivity index (χ0n) is 10.6. The van der Waals surface area contributed by atoms with Crippen LogP contribution in [0.2, 0.25) is 0 Å². The fourth-order valence-corrected chi connectivity index (χ4v) is 3.78. The number of carbonyl (C=O) groups excluding carboxylic acids is 1. The number of nitrogens with one attached hydrogen (secondary N) is 1. The van der Waals surface area contributed by atoms with Gasteiger partial charge in [0.25, 0.3) is 5.56 Å². The number of hydrogen-bond acceptors (Lipinski definition) is 5. The minimum Gasteiger partial charge on any atom is -0.469 e. The van der Waals surface area contributed by atoms with Gasteiger partial charge in [-0.25, -0.2) is 4.98 Å². The Kier molecular flexibility index (Phi) is 3.10. The number of aromatic amines is 1. The zero-order chi connectivity index (χ0) is 13.4. The Bertz CT molecular complexity index is 702. The van der Waals surface area contributed by atoms with Gasteiger partial charge < -0.3 is 9.72 Å². The lowest BCUT2D eigenvalue weighted by Crippen LogP contribution is -2.16. The summed E-state index contributed by atoms with van der Waals surface area (Å²) in [5.41, 5.74) is 1.02. The Balaban J connectivity index is 2.11. The highest BCUT2D eigenvalue weighted by atomic mass is 32.1. The fourth-order valence-electron chi connectivity index (χ4n) is 2.50. The van der Waals surface area contributed by atoms with E-state index in [1.807, 2.05) is 0 Å². The number of rotatable bonds is 2. The normalized spacial score (nSPS) is 14.4. The number of ether oxygens (including phenoxy) is 1. The number of aromatic nitrogens is 2. The van der Waals surface area contributed by atoms with Gasteiger partial charge in [-0.15, -0.1) is 11.3 Å². The van der Waals surface area contributed by atoms with E-state index in [1.54, 1.807) is 11.3 Å². The van der Waals surface area contributed by atoms with Crippen LogP contribution in [0.3, 0.4) is 0 Å². The molecule has 0 spiro atoms. The number of aryl methyl sites for hydroxylation is 2. The van der Waals surface area contributed by atoms with Crippen molar-refractivity contribution in [2.24, 2.45) is 0 Å². The van der Waals surface area contributed by atoms with Crippen molar-refractivity contribution >= 4 is 27.5 Å². The molecule has 2 heterocycles. The van der Waals surface area contributed by atoms with Crippen LogP contribution >= 0.6 is 11.3 Å². The quantitative estimate of drug-likeness (QED) is 0.847. The molecule has 6 heteroatoms. The standard InChI is InChI=1S/C13H14N2O3S/c1-18-10(16)6-9-14-12(17)11-7-4-2-3-5-8(7)19-13(11)15-9/h2-6H2,1H3,(H,14,15,17). The Hall–Kier alpha value is -1.69. The maximum Gasteiger partial charge on any atom is 0.313 e. The van der Waals surface area contributed by atoms with E-state index in [9.17, 15) is 9.59 Å². The highest BCUT2D eigenvalue weighted by Gasteiger charge is 2.20. The molecule has 1 aliphatic carbocycles. The Morgan fingerprint density at radius 1 is 1.42 bits per heavy atom. The molecule has 0 saturated carbocycles. The van der Waals surface area contributed by atoms with Crippen LogP contribution in [0.15, 0.2) is 4.79 Å². The molecule has 2 aromatic heterocycles. The van der Waals surface area contributed by atoms with Gasteiger partial charge >= 0.3 is 5.97 Å². The number of hydrogen-bond donors (Lipinski definition) is 1. The molecular weight excluding hydrogens is 264 g/mol. The maximum atomic E-state index is 12.2. The Labute approximate surface area is 113 Å². The van der Waals surface area contributed by atoms with E-state index in [0.717, 1.165) is 29.7 Å². The van der Waals surface area contributed by atoms with Crippen molar-refractivity contribution in [2.45, 2.75) is 32.1 Å². The third-order valence-corrected chi connectivity index (χ3v) is 4.60. The van der Waals surface area contributed by atoms with E-state index < -0.39 is 5.97 Å². The molecule has 2 aromatic rings. The summed E-state index contributed by atoms with van der Waals surface area (Å²) in [5, 5.41) is 0.716. The van der Waals surface area contributed by atoms with Crippen molar-refractivity contribution in [3.05, 3.63) is 26.6 Å². The van der Waals surface area contributed by atoms with Gasteiger partial charge in [-0.1, -0.05) is 0 Å². The van der Waals surface area contributed by atoms with Crippen molar-refractivity contribution in [3.63, 3.8) is 0 Å². The molecule has 0 aromatic carbocycles. The largest absolute Gasteiger partial charge is 0.469 e. The molecular formula is C13H14N2O3S. The van der Waals surface area contributed by atoms with E-state index in [-0.39, 0.29) is 12.0 Å². The van der Waals surface area contributed by atoms with Crippen LogP contribution in [0.4, 0.5) is 0 Å². The summed E-state index contributed by atoms with van der Waals surface area (Å²) in [7, 11) is 1.32. The molecule has 1 aliphatic rings. The van der Waals surface area contributed by atoms with Gasteiger partial charge in [0.15, 0.2) is 0 Å². The summed E-state index contributed by atoms with van der Waals surface area (Å²) < 4.78 is 4.59. The predicted molar refractivity (Wildman–Crippen MR) is 72.6 cm³/mol. The highest BCUT2D eigenvalue weighted by molar-refractivity contribution is 7.18. The maximum absolute atomic E-state index is 12.2. The molecule has 0 amide bonds. The summed E-state index contributed by atoms with van der Waals surface area (Å²) in [6.07, 6.45) is 4.29. The molecule has 5 nitrogen and oxygen atoms in total. The Morgan fingerprint density at radius 3 is 3.00 bits per heavy atom. The first-order valence-electron chi connectivity index (χ1n) is 6.29. The molecule has 0 bridgehead atoms. The van der Waals surface area contributed by atoms with E-state index in [1.165, 1.54) is 18.4 Å². The van der Waals surface area contributed by atoms with Crippen LogP contribution in [0.25, 0.3) is 10.2 Å². The number of fused-ring (bicyclic) bond motifs is 3. The number of methoxy groups -OCH3 is 1. The molecule has 100 valence electrons. The Morgan fingerprint density at radius 2 is 2.21 bits per heavy atom. The van der Waals surface area contributed by atoms with Gasteiger partial charge in [-0.05, 0) is 31.2 Å². The van der Waals surface area contributed by atoms with Crippen LogP contribution in [0.1, 0.15) is 29.1 Å². The van der Waals surface area contributed by atoms with E-state index in [0.29, 0.717) is 11.2 Å². The molecule has 0 saturated heterocycles. The van der Waals surface area contributed by atoms with Gasteiger partial charge in [0.1, 0.15) is 17.1 Å². The van der Waals surface area contributed by atoms with Gasteiger partial charge in [-0.3, -0.25) is 9.59 Å². The molecule has 0 atom stereocenters. The number of carbonyl (C=O) groups is 1. The molecule has 0 radical (unpaired) electrons. The lowest BCUT2D eigenvalue weighted by molar-refractivity contribution is -0.139. The summed E-state index contributed by atoms with van der Waals surface area (Å²) in [4.78, 5) is 32.5. The zero-order valence-corrected chi connectivity index (χ0v) is 11.4. The summed E-state index contributed by atoms with van der Waals surface area (Å²) in [6, 6.07) is 0. The third-order valence-electron chi connectivity index (χ3n) is 3.41. The van der Waals surface area contributed by atoms with Crippen LogP contribution in [0.5, 0.6) is 0 Å². The molecule has 0 unspecified atom stereocenters. The van der Waals surface area contributed by atoms with Crippen molar-refractivity contribution in [1.29, 1.82) is 0 Å².